The Balaban J connectivity index is 2.19. The zero-order valence-electron chi connectivity index (χ0n) is 12.4. The van der Waals surface area contributed by atoms with Gasteiger partial charge in [-0.3, -0.25) is 4.79 Å². The largest absolute Gasteiger partial charge is 0.392 e. The summed E-state index contributed by atoms with van der Waals surface area (Å²) in [7, 11) is 2.12. The maximum absolute atomic E-state index is 12.1. The maximum atomic E-state index is 12.1. The van der Waals surface area contributed by atoms with Gasteiger partial charge in [-0.1, -0.05) is 18.6 Å². The lowest BCUT2D eigenvalue weighted by Gasteiger charge is -2.39. The van der Waals surface area contributed by atoms with Gasteiger partial charge in [0, 0.05) is 12.6 Å². The first kappa shape index (κ1) is 16.4. The molecule has 0 aromatic heterocycles. The zero-order valence-corrected chi connectivity index (χ0v) is 13.2. The van der Waals surface area contributed by atoms with Crippen LogP contribution >= 0.6 is 12.2 Å². The second-order valence-corrected chi connectivity index (χ2v) is 6.28. The van der Waals surface area contributed by atoms with E-state index in [4.69, 9.17) is 18.0 Å². The number of thiocarbonyl (C=S) groups is 1. The summed E-state index contributed by atoms with van der Waals surface area (Å²) in [5.41, 5.74) is 5.16. The highest BCUT2D eigenvalue weighted by molar-refractivity contribution is 7.80. The van der Waals surface area contributed by atoms with E-state index in [1.165, 1.54) is 0 Å². The topological polar surface area (TPSA) is 58.4 Å². The first-order valence-corrected chi connectivity index (χ1v) is 7.59. The van der Waals surface area contributed by atoms with E-state index in [0.717, 1.165) is 45.2 Å². The van der Waals surface area contributed by atoms with Crippen molar-refractivity contribution in [3.05, 3.63) is 0 Å². The molecular formula is C14H27N3OS. The van der Waals surface area contributed by atoms with E-state index in [1.807, 2.05) is 0 Å². The molecule has 3 N–H and O–H groups in total. The average molecular weight is 285 g/mol. The number of nitrogens with one attached hydrogen (secondary N) is 1. The highest BCUT2D eigenvalue weighted by Gasteiger charge is 2.46. The molecule has 0 atom stereocenters. The number of carbonyl (C=O) groups excluding carboxylic acids is 1. The molecule has 110 valence electrons. The van der Waals surface area contributed by atoms with Crippen molar-refractivity contribution in [1.29, 1.82) is 0 Å². The Bertz CT molecular complexity index is 327. The lowest BCUT2D eigenvalue weighted by molar-refractivity contribution is -0.130. The quantitative estimate of drug-likeness (QED) is 0.526. The van der Waals surface area contributed by atoms with E-state index in [-0.39, 0.29) is 5.91 Å². The standard InChI is InChI=1S/C14H27N3OS/c1-11(2)17(3)10-5-4-9-16-13(18)14(12(15)19)7-6-8-14/h11H,4-10H2,1-3H3,(H2,15,19)(H,16,18). The summed E-state index contributed by atoms with van der Waals surface area (Å²) in [4.78, 5) is 14.8. The Morgan fingerprint density at radius 1 is 1.42 bits per heavy atom. The molecule has 0 bridgehead atoms. The molecule has 1 fully saturated rings. The smallest absolute Gasteiger partial charge is 0.233 e. The van der Waals surface area contributed by atoms with Gasteiger partial charge in [0.25, 0.3) is 0 Å². The van der Waals surface area contributed by atoms with E-state index < -0.39 is 5.41 Å². The Labute approximate surface area is 122 Å². The Hall–Kier alpha value is -0.680. The van der Waals surface area contributed by atoms with E-state index >= 15 is 0 Å². The molecular weight excluding hydrogens is 258 g/mol. The minimum absolute atomic E-state index is 0.0310. The number of amides is 1. The highest BCUT2D eigenvalue weighted by atomic mass is 32.1. The van der Waals surface area contributed by atoms with E-state index in [1.54, 1.807) is 0 Å². The van der Waals surface area contributed by atoms with Crippen LogP contribution < -0.4 is 11.1 Å². The van der Waals surface area contributed by atoms with Crippen LogP contribution in [-0.2, 0) is 4.79 Å². The van der Waals surface area contributed by atoms with Crippen LogP contribution in [0, 0.1) is 5.41 Å². The van der Waals surface area contributed by atoms with Gasteiger partial charge in [-0.15, -0.1) is 0 Å². The van der Waals surface area contributed by atoms with Crippen LogP contribution in [0.3, 0.4) is 0 Å². The molecule has 19 heavy (non-hydrogen) atoms. The second kappa shape index (κ2) is 7.20. The fourth-order valence-corrected chi connectivity index (χ4v) is 2.53. The average Bonchev–Trinajstić information content (AvgIpc) is 2.25. The van der Waals surface area contributed by atoms with Crippen LogP contribution in [0.4, 0.5) is 0 Å². The van der Waals surface area contributed by atoms with E-state index in [9.17, 15) is 4.79 Å². The molecule has 5 heteroatoms. The Kier molecular flexibility index (Phi) is 6.20. The number of nitrogens with zero attached hydrogens (tertiary/aromatic N) is 1. The number of rotatable bonds is 8. The zero-order chi connectivity index (χ0) is 14.5. The third kappa shape index (κ3) is 4.14. The molecule has 0 unspecified atom stereocenters. The summed E-state index contributed by atoms with van der Waals surface area (Å²) in [6.07, 6.45) is 4.75. The molecule has 0 spiro atoms. The molecule has 0 aromatic carbocycles. The van der Waals surface area contributed by atoms with Crippen molar-refractivity contribution < 1.29 is 4.79 Å². The van der Waals surface area contributed by atoms with Crippen molar-refractivity contribution in [2.45, 2.75) is 52.0 Å². The summed E-state index contributed by atoms with van der Waals surface area (Å²) in [6.45, 7) is 6.15. The van der Waals surface area contributed by atoms with Gasteiger partial charge >= 0.3 is 0 Å². The van der Waals surface area contributed by atoms with E-state index in [2.05, 4.69) is 31.1 Å². The molecule has 1 amide bonds. The van der Waals surface area contributed by atoms with Gasteiger partial charge in [0.15, 0.2) is 0 Å². The van der Waals surface area contributed by atoms with Gasteiger partial charge in [0.2, 0.25) is 5.91 Å². The molecule has 1 rings (SSSR count). The lowest BCUT2D eigenvalue weighted by Crippen LogP contribution is -2.53. The third-order valence-corrected chi connectivity index (χ3v) is 4.61. The summed E-state index contributed by atoms with van der Waals surface area (Å²) in [5, 5.41) is 2.98. The maximum Gasteiger partial charge on any atom is 0.233 e. The fourth-order valence-electron chi connectivity index (χ4n) is 2.23. The molecule has 1 aliphatic rings. The predicted molar refractivity (Wildman–Crippen MR) is 83.1 cm³/mol. The molecule has 0 aliphatic heterocycles. The van der Waals surface area contributed by atoms with Crippen LogP contribution in [0.5, 0.6) is 0 Å². The number of nitrogens with two attached hydrogens (primary N) is 1. The SMILES string of the molecule is CC(C)N(C)CCCCNC(=O)C1(C(N)=S)CCC1. The molecule has 0 saturated heterocycles. The molecule has 0 heterocycles. The number of carbonyl (C=O) groups is 1. The summed E-state index contributed by atoms with van der Waals surface area (Å²) in [5.74, 6) is 0.0310. The van der Waals surface area contributed by atoms with Gasteiger partial charge < -0.3 is 16.0 Å². The molecule has 4 nitrogen and oxygen atoms in total. The van der Waals surface area contributed by atoms with Crippen LogP contribution in [-0.4, -0.2) is 42.0 Å². The van der Waals surface area contributed by atoms with Gasteiger partial charge in [-0.2, -0.15) is 0 Å². The van der Waals surface area contributed by atoms with Gasteiger partial charge in [-0.25, -0.2) is 0 Å². The monoisotopic (exact) mass is 285 g/mol. The summed E-state index contributed by atoms with van der Waals surface area (Å²) < 4.78 is 0. The predicted octanol–water partition coefficient (Wildman–Crippen LogP) is 1.68. The molecule has 0 radical (unpaired) electrons. The fraction of sp³-hybridized carbons (Fsp3) is 0.857. The summed E-state index contributed by atoms with van der Waals surface area (Å²) >= 11 is 5.03. The van der Waals surface area contributed by atoms with Gasteiger partial charge in [-0.05, 0) is 53.1 Å². The van der Waals surface area contributed by atoms with Gasteiger partial charge in [0.1, 0.15) is 0 Å². The van der Waals surface area contributed by atoms with Gasteiger partial charge in [0.05, 0.1) is 10.4 Å². The molecule has 1 aliphatic carbocycles. The minimum Gasteiger partial charge on any atom is -0.392 e. The van der Waals surface area contributed by atoms with Crippen molar-refractivity contribution in [3.8, 4) is 0 Å². The molecule has 0 aromatic rings. The second-order valence-electron chi connectivity index (χ2n) is 5.84. The Morgan fingerprint density at radius 2 is 2.05 bits per heavy atom. The normalized spacial score (nSPS) is 17.3. The first-order chi connectivity index (χ1) is 8.90. The van der Waals surface area contributed by atoms with Crippen molar-refractivity contribution >= 4 is 23.1 Å². The third-order valence-electron chi connectivity index (χ3n) is 4.22. The van der Waals surface area contributed by atoms with Crippen molar-refractivity contribution in [2.24, 2.45) is 11.1 Å². The number of hydrogen-bond acceptors (Lipinski definition) is 3. The number of hydrogen-bond donors (Lipinski definition) is 2. The molecule has 1 saturated carbocycles. The van der Waals surface area contributed by atoms with E-state index in [0.29, 0.717) is 11.0 Å². The Morgan fingerprint density at radius 3 is 2.47 bits per heavy atom. The van der Waals surface area contributed by atoms with Crippen LogP contribution in [0.15, 0.2) is 0 Å². The lowest BCUT2D eigenvalue weighted by atomic mass is 9.68. The van der Waals surface area contributed by atoms with Crippen LogP contribution in [0.2, 0.25) is 0 Å². The van der Waals surface area contributed by atoms with Crippen LogP contribution in [0.25, 0.3) is 0 Å². The van der Waals surface area contributed by atoms with Crippen molar-refractivity contribution in [2.75, 3.05) is 20.1 Å². The number of unbranched alkanes of at least 4 members (excludes halogenated alkanes) is 1. The van der Waals surface area contributed by atoms with Crippen molar-refractivity contribution in [1.82, 2.24) is 10.2 Å². The van der Waals surface area contributed by atoms with Crippen molar-refractivity contribution in [3.63, 3.8) is 0 Å². The van der Waals surface area contributed by atoms with Crippen LogP contribution in [0.1, 0.15) is 46.0 Å². The summed E-state index contributed by atoms with van der Waals surface area (Å²) in [6, 6.07) is 0.572. The minimum atomic E-state index is -0.538. The first-order valence-electron chi connectivity index (χ1n) is 7.18. The highest BCUT2D eigenvalue weighted by Crippen LogP contribution is 2.41.